The molecule has 1 N–H and O–H groups in total. The van der Waals surface area contributed by atoms with E-state index in [0.29, 0.717) is 0 Å². The summed E-state index contributed by atoms with van der Waals surface area (Å²) in [5.41, 5.74) is 0. The van der Waals surface area contributed by atoms with E-state index in [1.165, 1.54) is 13.8 Å². The normalized spacial score (nSPS) is 26.4. The summed E-state index contributed by atoms with van der Waals surface area (Å²) in [5, 5.41) is 9.02. The van der Waals surface area contributed by atoms with Gasteiger partial charge in [-0.3, -0.25) is 4.79 Å². The van der Waals surface area contributed by atoms with Crippen LogP contribution in [0.2, 0.25) is 0 Å². The molecule has 1 amide bonds. The van der Waals surface area contributed by atoms with Crippen LogP contribution < -0.4 is 0 Å². The average Bonchev–Trinajstić information content (AvgIpc) is 2.58. The fourth-order valence-electron chi connectivity index (χ4n) is 1.81. The first-order valence-corrected chi connectivity index (χ1v) is 6.17. The average molecular weight is 369 g/mol. The van der Waals surface area contributed by atoms with E-state index in [2.05, 4.69) is 0 Å². The zero-order valence-electron chi connectivity index (χ0n) is 10.2. The van der Waals surface area contributed by atoms with Crippen LogP contribution in [0.15, 0.2) is 0 Å². The van der Waals surface area contributed by atoms with Crippen molar-refractivity contribution < 1.29 is 46.6 Å². The summed E-state index contributed by atoms with van der Waals surface area (Å²) in [6.45, 7) is 4.62. The van der Waals surface area contributed by atoms with E-state index in [1.54, 1.807) is 6.92 Å². The van der Waals surface area contributed by atoms with Crippen molar-refractivity contribution in [1.82, 2.24) is 4.90 Å². The summed E-state index contributed by atoms with van der Waals surface area (Å²) in [6.07, 6.45) is 0. The van der Waals surface area contributed by atoms with Crippen molar-refractivity contribution in [2.24, 2.45) is 0 Å². The summed E-state index contributed by atoms with van der Waals surface area (Å²) >= 11 is 1.12. The molecular weight excluding hydrogens is 354 g/mol. The molecule has 1 saturated heterocycles. The van der Waals surface area contributed by atoms with Crippen molar-refractivity contribution in [3.05, 3.63) is 0 Å². The Morgan fingerprint density at radius 2 is 2.06 bits per heavy atom. The Balaban J connectivity index is 0.00000289. The van der Waals surface area contributed by atoms with Crippen LogP contribution >= 0.6 is 11.8 Å². The number of esters is 1. The van der Waals surface area contributed by atoms with Crippen LogP contribution in [0, 0.1) is 0 Å². The van der Waals surface area contributed by atoms with Gasteiger partial charge in [0.2, 0.25) is 5.91 Å². The van der Waals surface area contributed by atoms with Crippen LogP contribution in [0.1, 0.15) is 20.8 Å². The second-order valence-corrected chi connectivity index (χ2v) is 5.17. The third-order valence-corrected chi connectivity index (χ3v) is 3.98. The van der Waals surface area contributed by atoms with Crippen molar-refractivity contribution in [3.63, 3.8) is 0 Å². The molecule has 2 atom stereocenters. The first kappa shape index (κ1) is 17.5. The maximum atomic E-state index is 11.8. The first-order chi connectivity index (χ1) is 7.84. The van der Waals surface area contributed by atoms with Crippen LogP contribution in [0.5, 0.6) is 0 Å². The van der Waals surface area contributed by atoms with Crippen LogP contribution in [0.3, 0.4) is 0 Å². The van der Waals surface area contributed by atoms with Crippen molar-refractivity contribution in [2.75, 3.05) is 12.4 Å². The number of thioether (sulfide) groups is 1. The minimum Gasteiger partial charge on any atom is -0.480 e. The molecule has 1 heterocycles. The largest absolute Gasteiger partial charge is 0.480 e. The van der Waals surface area contributed by atoms with E-state index in [0.717, 1.165) is 16.7 Å². The van der Waals surface area contributed by atoms with Crippen LogP contribution in [-0.4, -0.2) is 51.1 Å². The number of ether oxygens (including phenoxy) is 1. The third-order valence-electron chi connectivity index (χ3n) is 2.57. The van der Waals surface area contributed by atoms with E-state index in [-0.39, 0.29) is 34.7 Å². The second kappa shape index (κ2) is 6.60. The summed E-state index contributed by atoms with van der Waals surface area (Å²) in [7, 11) is 0. The van der Waals surface area contributed by atoms with Gasteiger partial charge < -0.3 is 14.7 Å². The van der Waals surface area contributed by atoms with Gasteiger partial charge in [0.25, 0.3) is 0 Å². The number of nitrogens with zero attached hydrogens (tertiary/aromatic N) is 1. The molecule has 1 radical (unpaired) electrons. The number of amides is 1. The van der Waals surface area contributed by atoms with Gasteiger partial charge in [-0.25, -0.2) is 9.59 Å². The smallest absolute Gasteiger partial charge is 0.342 e. The molecule has 1 aliphatic rings. The van der Waals surface area contributed by atoms with Crippen molar-refractivity contribution in [2.45, 2.75) is 31.7 Å². The second-order valence-electron chi connectivity index (χ2n) is 3.76. The number of carboxylic acids is 1. The molecule has 0 bridgehead atoms. The summed E-state index contributed by atoms with van der Waals surface area (Å²) in [6, 6.07) is -0.980. The molecule has 6 nitrogen and oxygen atoms in total. The molecule has 2 unspecified atom stereocenters. The topological polar surface area (TPSA) is 83.9 Å². The van der Waals surface area contributed by atoms with Crippen LogP contribution in [0.25, 0.3) is 0 Å². The van der Waals surface area contributed by atoms with E-state index >= 15 is 0 Å². The molecule has 0 aromatic rings. The Labute approximate surface area is 125 Å². The molecule has 0 aromatic heterocycles. The van der Waals surface area contributed by atoms with Gasteiger partial charge in [0, 0.05) is 35.1 Å². The Kier molecular flexibility index (Phi) is 6.42. The molecule has 1 rings (SSSR count). The Morgan fingerprint density at radius 1 is 1.50 bits per heavy atom. The number of hydrogen-bond donors (Lipinski definition) is 1. The zero-order chi connectivity index (χ0) is 13.2. The van der Waals surface area contributed by atoms with Gasteiger partial charge in [-0.15, -0.1) is 11.8 Å². The number of rotatable bonds is 3. The molecule has 1 aliphatic heterocycles. The van der Waals surface area contributed by atoms with E-state index < -0.39 is 28.8 Å². The Morgan fingerprint density at radius 3 is 2.44 bits per heavy atom. The predicted octanol–water partition coefficient (Wildman–Crippen LogP) is 0.312. The number of carboxylic acid groups (broad SMARTS) is 1. The molecule has 0 saturated carbocycles. The summed E-state index contributed by atoms with van der Waals surface area (Å²) in [4.78, 5) is 34.2. The maximum Gasteiger partial charge on any atom is 0.342 e. The Bertz CT molecular complexity index is 364. The van der Waals surface area contributed by atoms with Crippen LogP contribution in [0.4, 0.5) is 0 Å². The van der Waals surface area contributed by atoms with Crippen molar-refractivity contribution in [3.8, 4) is 0 Å². The van der Waals surface area contributed by atoms with E-state index in [9.17, 15) is 14.4 Å². The van der Waals surface area contributed by atoms with Gasteiger partial charge in [-0.05, 0) is 13.8 Å². The first-order valence-electron chi connectivity index (χ1n) is 5.18. The molecule has 0 aliphatic carbocycles. The molecule has 0 spiro atoms. The van der Waals surface area contributed by atoms with E-state index in [1.807, 2.05) is 0 Å². The van der Waals surface area contributed by atoms with E-state index in [4.69, 9.17) is 9.84 Å². The fraction of sp³-hybridized carbons (Fsp3) is 0.700. The molecule has 18 heavy (non-hydrogen) atoms. The van der Waals surface area contributed by atoms with Gasteiger partial charge in [0.05, 0.1) is 6.61 Å². The van der Waals surface area contributed by atoms with Gasteiger partial charge in [0.15, 0.2) is 4.87 Å². The minimum absolute atomic E-state index is 0. The minimum atomic E-state index is -1.25. The Hall–Kier alpha value is -0.500. The van der Waals surface area contributed by atoms with Crippen molar-refractivity contribution in [1.29, 1.82) is 0 Å². The van der Waals surface area contributed by atoms with Gasteiger partial charge in [0.1, 0.15) is 6.04 Å². The number of carbonyl (C=O) groups excluding carboxylic acids is 2. The third kappa shape index (κ3) is 3.09. The molecular formula is C10H15AgNO5S. The molecule has 107 valence electrons. The zero-order valence-corrected chi connectivity index (χ0v) is 12.5. The fourth-order valence-corrected chi connectivity index (χ4v) is 3.15. The molecule has 0 aromatic carbocycles. The van der Waals surface area contributed by atoms with Crippen molar-refractivity contribution >= 4 is 29.6 Å². The number of carbonyl (C=O) groups is 3. The monoisotopic (exact) mass is 368 g/mol. The predicted molar refractivity (Wildman–Crippen MR) is 61.4 cm³/mol. The summed E-state index contributed by atoms with van der Waals surface area (Å²) in [5.74, 6) is -1.95. The summed E-state index contributed by atoms with van der Waals surface area (Å²) < 4.78 is 4.89. The van der Waals surface area contributed by atoms with Gasteiger partial charge in [-0.1, -0.05) is 0 Å². The molecule has 1 fully saturated rings. The number of aliphatic carboxylic acids is 1. The van der Waals surface area contributed by atoms with Crippen LogP contribution in [-0.2, 0) is 41.5 Å². The van der Waals surface area contributed by atoms with Gasteiger partial charge in [-0.2, -0.15) is 0 Å². The van der Waals surface area contributed by atoms with Gasteiger partial charge >= 0.3 is 11.9 Å². The maximum absolute atomic E-state index is 11.8. The quantitative estimate of drug-likeness (QED) is 0.570. The SMILES string of the molecule is CCOC(=O)C1(C)SCC(C(=O)O)N1C(C)=O.[Ag]. The molecule has 8 heteroatoms. The standard InChI is InChI=1S/C10H15NO5S.Ag/c1-4-16-9(15)10(3)11(6(2)12)7(5-17-10)8(13)14;/h7H,4-5H2,1-3H3,(H,13,14);. The number of hydrogen-bond acceptors (Lipinski definition) is 5.